The summed E-state index contributed by atoms with van der Waals surface area (Å²) >= 11 is 0. The second kappa shape index (κ2) is 14.1. The molecule has 2 fully saturated rings. The molecule has 32 heavy (non-hydrogen) atoms. The topological polar surface area (TPSA) is 86.3 Å². The van der Waals surface area contributed by atoms with Crippen LogP contribution in [0.3, 0.4) is 0 Å². The highest BCUT2D eigenvalue weighted by Gasteiger charge is 2.34. The number of hydrogen-bond acceptors (Lipinski definition) is 4. The number of rotatable bonds is 8. The number of aliphatic imine (C=N–C) groups is 1. The third kappa shape index (κ3) is 9.31. The van der Waals surface area contributed by atoms with Crippen molar-refractivity contribution in [3.05, 3.63) is 0 Å². The lowest BCUT2D eigenvalue weighted by Crippen LogP contribution is -2.51. The van der Waals surface area contributed by atoms with Crippen molar-refractivity contribution >= 4 is 41.9 Å². The lowest BCUT2D eigenvalue weighted by Gasteiger charge is -2.34. The molecule has 0 aromatic carbocycles. The van der Waals surface area contributed by atoms with Gasteiger partial charge in [-0.3, -0.25) is 4.79 Å². The Hall–Kier alpha value is -1.26. The predicted molar refractivity (Wildman–Crippen MR) is 140 cm³/mol. The second-order valence-electron chi connectivity index (χ2n) is 9.72. The van der Waals surface area contributed by atoms with Crippen LogP contribution in [0, 0.1) is 11.3 Å². The first kappa shape index (κ1) is 28.8. The molecule has 2 N–H and O–H groups in total. The molecule has 2 aliphatic rings. The number of guanidine groups is 1. The molecule has 0 aromatic heterocycles. The molecule has 0 spiro atoms. The number of carbonyl (C=O) groups is 2. The van der Waals surface area contributed by atoms with Crippen LogP contribution in [0.2, 0.25) is 0 Å². The Bertz CT molecular complexity index is 613. The number of amides is 2. The summed E-state index contributed by atoms with van der Waals surface area (Å²) in [5.41, 5.74) is 0.315. The van der Waals surface area contributed by atoms with E-state index in [9.17, 15) is 9.59 Å². The number of carbonyl (C=O) groups excluding carboxylic acids is 2. The average Bonchev–Trinajstić information content (AvgIpc) is 3.18. The van der Waals surface area contributed by atoms with Crippen LogP contribution in [0.15, 0.2) is 4.99 Å². The molecule has 1 aliphatic heterocycles. The van der Waals surface area contributed by atoms with Crippen LogP contribution in [0.4, 0.5) is 4.79 Å². The molecule has 0 atom stereocenters. The standard InChI is InChI=1S/C23H43N5O3.HI/c1-6-31-22(30)28-13-9-19(10-14-28)26-21(24-16-20(29)27(4)5)25-17-23(15-18(2)3)11-7-8-12-23;/h18-19H,6-17H2,1-5H3,(H2,24,25,26);1H. The van der Waals surface area contributed by atoms with E-state index < -0.39 is 0 Å². The van der Waals surface area contributed by atoms with Crippen LogP contribution in [-0.4, -0.2) is 80.7 Å². The average molecular weight is 566 g/mol. The maximum absolute atomic E-state index is 12.1. The minimum atomic E-state index is -0.235. The summed E-state index contributed by atoms with van der Waals surface area (Å²) in [6, 6.07) is 0.219. The number of likely N-dealkylation sites (N-methyl/N-ethyl adjacent to an activating group) is 1. The normalized spacial score (nSPS) is 18.8. The third-order valence-electron chi connectivity index (χ3n) is 6.37. The summed E-state index contributed by atoms with van der Waals surface area (Å²) in [6.45, 7) is 9.15. The first-order valence-corrected chi connectivity index (χ1v) is 11.9. The Morgan fingerprint density at radius 2 is 1.81 bits per heavy atom. The summed E-state index contributed by atoms with van der Waals surface area (Å²) in [5, 5.41) is 7.09. The molecule has 0 unspecified atom stereocenters. The van der Waals surface area contributed by atoms with Gasteiger partial charge >= 0.3 is 6.09 Å². The predicted octanol–water partition coefficient (Wildman–Crippen LogP) is 3.46. The lowest BCUT2D eigenvalue weighted by atomic mass is 9.78. The molecule has 1 aliphatic carbocycles. The van der Waals surface area contributed by atoms with Crippen molar-refractivity contribution in [3.8, 4) is 0 Å². The molecule has 0 aromatic rings. The molecule has 1 saturated carbocycles. The summed E-state index contributed by atoms with van der Waals surface area (Å²) in [7, 11) is 3.50. The van der Waals surface area contributed by atoms with E-state index in [1.54, 1.807) is 23.9 Å². The zero-order valence-electron chi connectivity index (χ0n) is 20.6. The van der Waals surface area contributed by atoms with Crippen LogP contribution in [0.1, 0.15) is 65.7 Å². The maximum Gasteiger partial charge on any atom is 0.409 e. The molecule has 0 bridgehead atoms. The highest BCUT2D eigenvalue weighted by molar-refractivity contribution is 14.0. The van der Waals surface area contributed by atoms with Gasteiger partial charge in [0.2, 0.25) is 5.91 Å². The van der Waals surface area contributed by atoms with Crippen molar-refractivity contribution < 1.29 is 14.3 Å². The molecule has 0 radical (unpaired) electrons. The van der Waals surface area contributed by atoms with Crippen molar-refractivity contribution in [1.29, 1.82) is 0 Å². The third-order valence-corrected chi connectivity index (χ3v) is 6.37. The van der Waals surface area contributed by atoms with Crippen LogP contribution in [-0.2, 0) is 9.53 Å². The zero-order chi connectivity index (χ0) is 22.9. The van der Waals surface area contributed by atoms with E-state index in [0.717, 1.165) is 19.4 Å². The Balaban J connectivity index is 0.00000512. The van der Waals surface area contributed by atoms with Gasteiger partial charge in [-0.25, -0.2) is 9.79 Å². The summed E-state index contributed by atoms with van der Waals surface area (Å²) in [6.07, 6.45) is 7.72. The van der Waals surface area contributed by atoms with Crippen LogP contribution < -0.4 is 10.6 Å². The van der Waals surface area contributed by atoms with Gasteiger partial charge in [-0.2, -0.15) is 0 Å². The number of nitrogens with one attached hydrogen (secondary N) is 2. The van der Waals surface area contributed by atoms with E-state index >= 15 is 0 Å². The van der Waals surface area contributed by atoms with E-state index in [4.69, 9.17) is 4.74 Å². The molecule has 2 rings (SSSR count). The molecular formula is C23H44IN5O3. The number of likely N-dealkylation sites (tertiary alicyclic amines) is 1. The van der Waals surface area contributed by atoms with E-state index in [1.807, 2.05) is 6.92 Å². The zero-order valence-corrected chi connectivity index (χ0v) is 22.9. The highest BCUT2D eigenvalue weighted by atomic mass is 127. The van der Waals surface area contributed by atoms with Crippen molar-refractivity contribution in [1.82, 2.24) is 20.4 Å². The minimum absolute atomic E-state index is 0. The highest BCUT2D eigenvalue weighted by Crippen LogP contribution is 2.42. The largest absolute Gasteiger partial charge is 0.450 e. The van der Waals surface area contributed by atoms with Crippen molar-refractivity contribution in [2.24, 2.45) is 16.3 Å². The van der Waals surface area contributed by atoms with Gasteiger partial charge in [-0.1, -0.05) is 26.7 Å². The Kier molecular flexibility index (Phi) is 12.7. The fourth-order valence-corrected chi connectivity index (χ4v) is 4.77. The Morgan fingerprint density at radius 3 is 2.34 bits per heavy atom. The monoisotopic (exact) mass is 565 g/mol. The first-order valence-electron chi connectivity index (χ1n) is 11.9. The quantitative estimate of drug-likeness (QED) is 0.268. The van der Waals surface area contributed by atoms with Crippen LogP contribution >= 0.6 is 24.0 Å². The van der Waals surface area contributed by atoms with Gasteiger partial charge in [-0.05, 0) is 50.4 Å². The van der Waals surface area contributed by atoms with Gasteiger partial charge in [-0.15, -0.1) is 24.0 Å². The van der Waals surface area contributed by atoms with Crippen LogP contribution in [0.25, 0.3) is 0 Å². The van der Waals surface area contributed by atoms with Gasteiger partial charge in [0, 0.05) is 39.8 Å². The fraction of sp³-hybridized carbons (Fsp3) is 0.870. The van der Waals surface area contributed by atoms with Gasteiger partial charge in [0.15, 0.2) is 5.96 Å². The van der Waals surface area contributed by atoms with Crippen LogP contribution in [0.5, 0.6) is 0 Å². The second-order valence-corrected chi connectivity index (χ2v) is 9.72. The number of hydrogen-bond donors (Lipinski definition) is 2. The van der Waals surface area contributed by atoms with E-state index in [1.165, 1.54) is 32.1 Å². The van der Waals surface area contributed by atoms with Crippen molar-refractivity contribution in [2.45, 2.75) is 71.8 Å². The SMILES string of the molecule is CCOC(=O)N1CCC(NC(=NCC(=O)N(C)C)NCC2(CC(C)C)CCCC2)CC1.I. The summed E-state index contributed by atoms with van der Waals surface area (Å²) in [4.78, 5) is 32.0. The Labute approximate surface area is 211 Å². The number of piperidine rings is 1. The van der Waals surface area contributed by atoms with Crippen molar-refractivity contribution in [2.75, 3.05) is 46.9 Å². The van der Waals surface area contributed by atoms with Gasteiger partial charge < -0.3 is 25.2 Å². The summed E-state index contributed by atoms with van der Waals surface area (Å²) in [5.74, 6) is 1.35. The molecular weight excluding hydrogens is 521 g/mol. The molecule has 186 valence electrons. The van der Waals surface area contributed by atoms with Crippen molar-refractivity contribution in [3.63, 3.8) is 0 Å². The molecule has 9 heteroatoms. The van der Waals surface area contributed by atoms with Gasteiger partial charge in [0.25, 0.3) is 0 Å². The summed E-state index contributed by atoms with van der Waals surface area (Å²) < 4.78 is 5.11. The molecule has 1 heterocycles. The number of halogens is 1. The van der Waals surface area contributed by atoms with Gasteiger partial charge in [0.05, 0.1) is 6.61 Å². The molecule has 2 amide bonds. The van der Waals surface area contributed by atoms with E-state index in [0.29, 0.717) is 37.0 Å². The van der Waals surface area contributed by atoms with Gasteiger partial charge in [0.1, 0.15) is 6.54 Å². The minimum Gasteiger partial charge on any atom is -0.450 e. The smallest absolute Gasteiger partial charge is 0.409 e. The fourth-order valence-electron chi connectivity index (χ4n) is 4.77. The first-order chi connectivity index (χ1) is 14.7. The number of nitrogens with zero attached hydrogens (tertiary/aromatic N) is 3. The molecule has 8 nitrogen and oxygen atoms in total. The van der Waals surface area contributed by atoms with E-state index in [2.05, 4.69) is 29.5 Å². The lowest BCUT2D eigenvalue weighted by molar-refractivity contribution is -0.127. The van der Waals surface area contributed by atoms with E-state index in [-0.39, 0.29) is 48.6 Å². The number of ether oxygens (including phenoxy) is 1. The molecule has 1 saturated heterocycles. The maximum atomic E-state index is 12.1. The Morgan fingerprint density at radius 1 is 1.19 bits per heavy atom.